The second kappa shape index (κ2) is 6.67. The topological polar surface area (TPSA) is 69.4 Å². The molecule has 0 aliphatic carbocycles. The van der Waals surface area contributed by atoms with Gasteiger partial charge in [0.2, 0.25) is 10.0 Å². The van der Waals surface area contributed by atoms with Crippen molar-refractivity contribution in [2.24, 2.45) is 17.0 Å². The molecule has 0 aliphatic rings. The van der Waals surface area contributed by atoms with Crippen molar-refractivity contribution in [2.45, 2.75) is 13.8 Å². The van der Waals surface area contributed by atoms with E-state index in [1.807, 2.05) is 13.8 Å². The Morgan fingerprint density at radius 3 is 2.53 bits per heavy atom. The summed E-state index contributed by atoms with van der Waals surface area (Å²) in [6.45, 7) is 4.02. The van der Waals surface area contributed by atoms with Crippen LogP contribution in [0.4, 0.5) is 4.39 Å². The number of rotatable bonds is 6. The monoisotopic (exact) mass is 353 g/mol. The molecule has 0 aromatic heterocycles. The number of halogens is 2. The van der Waals surface area contributed by atoms with Crippen LogP contribution in [0.5, 0.6) is 5.75 Å². The fourth-order valence-electron chi connectivity index (χ4n) is 1.50. The highest BCUT2D eigenvalue weighted by Gasteiger charge is 2.20. The van der Waals surface area contributed by atoms with E-state index < -0.39 is 10.0 Å². The largest absolute Gasteiger partial charge is 0.493 e. The van der Waals surface area contributed by atoms with Crippen LogP contribution >= 0.6 is 15.9 Å². The maximum Gasteiger partial charge on any atom is 0.209 e. The second-order valence-corrected chi connectivity index (χ2v) is 7.23. The van der Waals surface area contributed by atoms with E-state index >= 15 is 0 Å². The van der Waals surface area contributed by atoms with Crippen LogP contribution < -0.4 is 9.88 Å². The van der Waals surface area contributed by atoms with Gasteiger partial charge in [0.05, 0.1) is 16.8 Å². The van der Waals surface area contributed by atoms with E-state index in [-0.39, 0.29) is 30.0 Å². The van der Waals surface area contributed by atoms with Gasteiger partial charge < -0.3 is 4.74 Å². The molecule has 0 saturated carbocycles. The molecule has 0 spiro atoms. The zero-order chi connectivity index (χ0) is 14.6. The van der Waals surface area contributed by atoms with E-state index in [4.69, 9.17) is 9.88 Å². The van der Waals surface area contributed by atoms with Gasteiger partial charge >= 0.3 is 0 Å². The Labute approximate surface area is 121 Å². The van der Waals surface area contributed by atoms with Crippen molar-refractivity contribution in [3.8, 4) is 5.75 Å². The predicted molar refractivity (Wildman–Crippen MR) is 75.9 cm³/mol. The summed E-state index contributed by atoms with van der Waals surface area (Å²) in [5.41, 5.74) is 0. The molecule has 1 aromatic rings. The van der Waals surface area contributed by atoms with E-state index in [2.05, 4.69) is 15.9 Å². The van der Waals surface area contributed by atoms with E-state index in [1.54, 1.807) is 0 Å². The molecule has 0 fully saturated rings. The third-order valence-electron chi connectivity index (χ3n) is 2.74. The van der Waals surface area contributed by atoms with Crippen molar-refractivity contribution in [3.05, 3.63) is 28.5 Å². The molecule has 108 valence electrons. The van der Waals surface area contributed by atoms with Gasteiger partial charge in [0.15, 0.2) is 0 Å². The van der Waals surface area contributed by atoms with Crippen molar-refractivity contribution in [3.63, 3.8) is 0 Å². The average molecular weight is 354 g/mol. The van der Waals surface area contributed by atoms with Gasteiger partial charge in [-0.25, -0.2) is 17.9 Å². The molecule has 7 heteroatoms. The molecule has 0 bridgehead atoms. The predicted octanol–water partition coefficient (Wildman–Crippen LogP) is 2.53. The number of hydrogen-bond acceptors (Lipinski definition) is 3. The molecule has 4 nitrogen and oxygen atoms in total. The summed E-state index contributed by atoms with van der Waals surface area (Å²) < 4.78 is 41.1. The second-order valence-electron chi connectivity index (χ2n) is 4.72. The summed E-state index contributed by atoms with van der Waals surface area (Å²) in [6, 6.07) is 4.28. The van der Waals surface area contributed by atoms with Gasteiger partial charge in [-0.05, 0) is 40.0 Å². The number of sulfonamides is 1. The number of primary sulfonamides is 1. The van der Waals surface area contributed by atoms with Crippen molar-refractivity contribution in [2.75, 3.05) is 12.4 Å². The van der Waals surface area contributed by atoms with Crippen LogP contribution in [0.25, 0.3) is 0 Å². The third kappa shape index (κ3) is 5.88. The van der Waals surface area contributed by atoms with Crippen LogP contribution in [-0.2, 0) is 10.0 Å². The molecule has 1 unspecified atom stereocenters. The van der Waals surface area contributed by atoms with E-state index in [0.717, 1.165) is 0 Å². The van der Waals surface area contributed by atoms with E-state index in [9.17, 15) is 12.8 Å². The first-order valence-corrected chi connectivity index (χ1v) is 8.28. The Hall–Kier alpha value is -0.660. The number of hydrogen-bond donors (Lipinski definition) is 1. The van der Waals surface area contributed by atoms with Crippen molar-refractivity contribution >= 4 is 26.0 Å². The van der Waals surface area contributed by atoms with Crippen LogP contribution in [0, 0.1) is 17.7 Å². The quantitative estimate of drug-likeness (QED) is 0.854. The van der Waals surface area contributed by atoms with Gasteiger partial charge in [0.1, 0.15) is 11.6 Å². The summed E-state index contributed by atoms with van der Waals surface area (Å²) >= 11 is 3.06. The summed E-state index contributed by atoms with van der Waals surface area (Å²) in [5.74, 6) is -0.126. The van der Waals surface area contributed by atoms with Gasteiger partial charge in [-0.15, -0.1) is 0 Å². The minimum atomic E-state index is -3.54. The molecular weight excluding hydrogens is 337 g/mol. The summed E-state index contributed by atoms with van der Waals surface area (Å²) in [7, 11) is -3.54. The highest BCUT2D eigenvalue weighted by molar-refractivity contribution is 9.10. The highest BCUT2D eigenvalue weighted by Crippen LogP contribution is 2.23. The minimum Gasteiger partial charge on any atom is -0.493 e. The molecule has 0 saturated heterocycles. The number of ether oxygens (including phenoxy) is 1. The standard InChI is InChI=1S/C12H17BrFNO3S/c1-8(2)9(7-19(15,16)17)6-18-10-3-4-12(14)11(13)5-10/h3-5,8-9H,6-7H2,1-2H3,(H2,15,16,17). The Bertz CT molecular complexity index is 534. The minimum absolute atomic E-state index is 0.113. The molecule has 0 amide bonds. The lowest BCUT2D eigenvalue weighted by molar-refractivity contribution is 0.224. The summed E-state index contributed by atoms with van der Waals surface area (Å²) in [6.07, 6.45) is 0. The van der Waals surface area contributed by atoms with Crippen LogP contribution in [0.15, 0.2) is 22.7 Å². The molecule has 19 heavy (non-hydrogen) atoms. The zero-order valence-corrected chi connectivity index (χ0v) is 13.2. The third-order valence-corrected chi connectivity index (χ3v) is 4.24. The van der Waals surface area contributed by atoms with Gasteiger partial charge in [-0.3, -0.25) is 0 Å². The Morgan fingerprint density at radius 1 is 1.42 bits per heavy atom. The van der Waals surface area contributed by atoms with Crippen molar-refractivity contribution in [1.82, 2.24) is 0 Å². The lowest BCUT2D eigenvalue weighted by Crippen LogP contribution is -2.30. The SMILES string of the molecule is CC(C)C(COc1ccc(F)c(Br)c1)CS(N)(=O)=O. The Balaban J connectivity index is 2.68. The Kier molecular flexibility index (Phi) is 5.76. The smallest absolute Gasteiger partial charge is 0.209 e. The first-order chi connectivity index (χ1) is 8.69. The maximum absolute atomic E-state index is 13.0. The molecule has 1 atom stereocenters. The van der Waals surface area contributed by atoms with E-state index in [1.165, 1.54) is 18.2 Å². The first-order valence-electron chi connectivity index (χ1n) is 5.77. The summed E-state index contributed by atoms with van der Waals surface area (Å²) in [5, 5.41) is 5.05. The summed E-state index contributed by atoms with van der Waals surface area (Å²) in [4.78, 5) is 0. The fourth-order valence-corrected chi connectivity index (χ4v) is 2.94. The lowest BCUT2D eigenvalue weighted by atomic mass is 9.99. The van der Waals surface area contributed by atoms with Gasteiger partial charge in [0, 0.05) is 5.92 Å². The highest BCUT2D eigenvalue weighted by atomic mass is 79.9. The lowest BCUT2D eigenvalue weighted by Gasteiger charge is -2.20. The van der Waals surface area contributed by atoms with Crippen molar-refractivity contribution < 1.29 is 17.5 Å². The van der Waals surface area contributed by atoms with Crippen LogP contribution in [-0.4, -0.2) is 20.8 Å². The fraction of sp³-hybridized carbons (Fsp3) is 0.500. The molecule has 0 aliphatic heterocycles. The van der Waals surface area contributed by atoms with Gasteiger partial charge in [-0.2, -0.15) is 0 Å². The average Bonchev–Trinajstić information content (AvgIpc) is 2.27. The zero-order valence-electron chi connectivity index (χ0n) is 10.8. The molecule has 0 radical (unpaired) electrons. The molecule has 1 aromatic carbocycles. The maximum atomic E-state index is 13.0. The Morgan fingerprint density at radius 2 is 2.05 bits per heavy atom. The van der Waals surface area contributed by atoms with Crippen LogP contribution in [0.2, 0.25) is 0 Å². The molecule has 1 rings (SSSR count). The van der Waals surface area contributed by atoms with Crippen molar-refractivity contribution in [1.29, 1.82) is 0 Å². The van der Waals surface area contributed by atoms with Crippen LogP contribution in [0.1, 0.15) is 13.8 Å². The van der Waals surface area contributed by atoms with E-state index in [0.29, 0.717) is 10.2 Å². The molecule has 0 heterocycles. The molecular formula is C12H17BrFNO3S. The number of nitrogens with two attached hydrogens (primary N) is 1. The first kappa shape index (κ1) is 16.4. The van der Waals surface area contributed by atoms with Crippen LogP contribution in [0.3, 0.4) is 0 Å². The normalized spacial score (nSPS) is 13.6. The van der Waals surface area contributed by atoms with Gasteiger partial charge in [0.25, 0.3) is 0 Å². The molecule has 2 N–H and O–H groups in total. The van der Waals surface area contributed by atoms with Gasteiger partial charge in [-0.1, -0.05) is 13.8 Å². The number of benzene rings is 1.